The maximum absolute atomic E-state index is 12.5. The van der Waals surface area contributed by atoms with E-state index in [0.29, 0.717) is 23.5 Å². The van der Waals surface area contributed by atoms with Crippen LogP contribution in [0, 0.1) is 24.2 Å². The Hall–Kier alpha value is -1.13. The zero-order valence-corrected chi connectivity index (χ0v) is 15.0. The van der Waals surface area contributed by atoms with Crippen LogP contribution in [0.5, 0.6) is 0 Å². The summed E-state index contributed by atoms with van der Waals surface area (Å²) in [5.74, 6) is 0.323. The van der Waals surface area contributed by atoms with Gasteiger partial charge in [0.05, 0.1) is 16.5 Å². The van der Waals surface area contributed by atoms with Crippen LogP contribution in [0.2, 0.25) is 0 Å². The summed E-state index contributed by atoms with van der Waals surface area (Å²) in [5.41, 5.74) is 6.17. The van der Waals surface area contributed by atoms with Gasteiger partial charge in [-0.3, -0.25) is 0 Å². The first-order chi connectivity index (χ1) is 9.63. The molecule has 0 aliphatic rings. The molecule has 3 N–H and O–H groups in total. The van der Waals surface area contributed by atoms with Gasteiger partial charge in [-0.15, -0.1) is 12.4 Å². The SMILES string of the molecule is Cc1cc(S(=O)(=O)NC(C)(CN)CC(C)C)ccc1C#N.Cl. The normalized spacial score (nSPS) is 14.0. The topological polar surface area (TPSA) is 96.0 Å². The molecule has 0 fully saturated rings. The lowest BCUT2D eigenvalue weighted by molar-refractivity contribution is 0.344. The van der Waals surface area contributed by atoms with E-state index in [4.69, 9.17) is 11.0 Å². The summed E-state index contributed by atoms with van der Waals surface area (Å²) in [6.07, 6.45) is 0.651. The van der Waals surface area contributed by atoms with Crippen molar-refractivity contribution >= 4 is 22.4 Å². The van der Waals surface area contributed by atoms with Crippen molar-refractivity contribution < 1.29 is 8.42 Å². The zero-order valence-electron chi connectivity index (χ0n) is 13.4. The fourth-order valence-corrected chi connectivity index (χ4v) is 3.89. The highest BCUT2D eigenvalue weighted by atomic mass is 35.5. The second kappa shape index (κ2) is 7.93. The third-order valence-corrected chi connectivity index (χ3v) is 4.95. The number of benzene rings is 1. The third-order valence-electron chi connectivity index (χ3n) is 3.32. The van der Waals surface area contributed by atoms with Gasteiger partial charge in [0, 0.05) is 12.1 Å². The molecule has 1 rings (SSSR count). The maximum Gasteiger partial charge on any atom is 0.241 e. The molecule has 1 unspecified atom stereocenters. The predicted molar refractivity (Wildman–Crippen MR) is 90.4 cm³/mol. The Kier molecular flexibility index (Phi) is 7.52. The van der Waals surface area contributed by atoms with Gasteiger partial charge in [0.1, 0.15) is 0 Å². The standard InChI is InChI=1S/C15H23N3O2S.ClH/c1-11(2)8-15(4,10-17)18-21(19,20)14-6-5-13(9-16)12(3)7-14;/h5-7,11,18H,8,10,17H2,1-4H3;1H. The summed E-state index contributed by atoms with van der Waals surface area (Å²) in [6.45, 7) is 7.79. The number of hydrogen-bond donors (Lipinski definition) is 2. The molecule has 0 aliphatic heterocycles. The third kappa shape index (κ3) is 5.25. The lowest BCUT2D eigenvalue weighted by atomic mass is 9.92. The molecule has 1 aromatic carbocycles. The molecule has 124 valence electrons. The summed E-state index contributed by atoms with van der Waals surface area (Å²) in [5, 5.41) is 8.90. The average molecular weight is 346 g/mol. The van der Waals surface area contributed by atoms with E-state index < -0.39 is 15.6 Å². The van der Waals surface area contributed by atoms with Gasteiger partial charge < -0.3 is 5.73 Å². The molecule has 1 aromatic rings. The molecular weight excluding hydrogens is 322 g/mol. The Morgan fingerprint density at radius 1 is 1.41 bits per heavy atom. The number of sulfonamides is 1. The van der Waals surface area contributed by atoms with E-state index in [1.807, 2.05) is 19.9 Å². The molecule has 1 atom stereocenters. The summed E-state index contributed by atoms with van der Waals surface area (Å²) in [7, 11) is -3.66. The van der Waals surface area contributed by atoms with Crippen LogP contribution in [0.4, 0.5) is 0 Å². The van der Waals surface area contributed by atoms with Gasteiger partial charge in [-0.25, -0.2) is 13.1 Å². The van der Waals surface area contributed by atoms with Gasteiger partial charge in [-0.05, 0) is 49.9 Å². The molecule has 22 heavy (non-hydrogen) atoms. The Balaban J connectivity index is 0.00000441. The fourth-order valence-electron chi connectivity index (χ4n) is 2.38. The summed E-state index contributed by atoms with van der Waals surface area (Å²) < 4.78 is 27.7. The van der Waals surface area contributed by atoms with E-state index in [0.717, 1.165) is 0 Å². The molecule has 0 saturated carbocycles. The van der Waals surface area contributed by atoms with E-state index in [9.17, 15) is 8.42 Å². The minimum atomic E-state index is -3.66. The lowest BCUT2D eigenvalue weighted by Gasteiger charge is -2.30. The van der Waals surface area contributed by atoms with Crippen molar-refractivity contribution in [2.24, 2.45) is 11.7 Å². The van der Waals surface area contributed by atoms with E-state index in [-0.39, 0.29) is 23.8 Å². The first-order valence-electron chi connectivity index (χ1n) is 6.88. The zero-order chi connectivity index (χ0) is 16.3. The molecular formula is C15H24ClN3O2S. The van der Waals surface area contributed by atoms with Gasteiger partial charge >= 0.3 is 0 Å². The van der Waals surface area contributed by atoms with Gasteiger partial charge in [0.15, 0.2) is 0 Å². The van der Waals surface area contributed by atoms with Crippen molar-refractivity contribution in [3.63, 3.8) is 0 Å². The quantitative estimate of drug-likeness (QED) is 0.827. The molecule has 0 radical (unpaired) electrons. The van der Waals surface area contributed by atoms with Crippen molar-refractivity contribution in [1.29, 1.82) is 5.26 Å². The van der Waals surface area contributed by atoms with Crippen molar-refractivity contribution in [3.05, 3.63) is 29.3 Å². The van der Waals surface area contributed by atoms with E-state index in [1.165, 1.54) is 18.2 Å². The smallest absolute Gasteiger partial charge is 0.241 e. The Labute approximate surface area is 139 Å². The summed E-state index contributed by atoms with van der Waals surface area (Å²) in [4.78, 5) is 0.155. The number of nitriles is 1. The molecule has 0 heterocycles. The number of nitrogens with zero attached hydrogens (tertiary/aromatic N) is 1. The molecule has 0 saturated heterocycles. The molecule has 0 aromatic heterocycles. The van der Waals surface area contributed by atoms with E-state index >= 15 is 0 Å². The summed E-state index contributed by atoms with van der Waals surface area (Å²) >= 11 is 0. The number of hydrogen-bond acceptors (Lipinski definition) is 4. The Morgan fingerprint density at radius 2 is 2.00 bits per heavy atom. The highest BCUT2D eigenvalue weighted by Crippen LogP contribution is 2.21. The van der Waals surface area contributed by atoms with E-state index in [2.05, 4.69) is 4.72 Å². The highest BCUT2D eigenvalue weighted by Gasteiger charge is 2.30. The molecule has 0 bridgehead atoms. The van der Waals surface area contributed by atoms with Crippen molar-refractivity contribution in [1.82, 2.24) is 4.72 Å². The fraction of sp³-hybridized carbons (Fsp3) is 0.533. The second-order valence-electron chi connectivity index (χ2n) is 6.06. The van der Waals surface area contributed by atoms with Gasteiger partial charge in [-0.2, -0.15) is 5.26 Å². The van der Waals surface area contributed by atoms with Crippen molar-refractivity contribution in [3.8, 4) is 6.07 Å². The van der Waals surface area contributed by atoms with Gasteiger partial charge in [0.2, 0.25) is 10.0 Å². The number of rotatable bonds is 6. The van der Waals surface area contributed by atoms with Crippen LogP contribution in [-0.2, 0) is 10.0 Å². The average Bonchev–Trinajstić information content (AvgIpc) is 2.37. The van der Waals surface area contributed by atoms with Gasteiger partial charge in [-0.1, -0.05) is 13.8 Å². The summed E-state index contributed by atoms with van der Waals surface area (Å²) in [6, 6.07) is 6.50. The highest BCUT2D eigenvalue weighted by molar-refractivity contribution is 7.89. The second-order valence-corrected chi connectivity index (χ2v) is 7.74. The number of halogens is 1. The van der Waals surface area contributed by atoms with Crippen LogP contribution in [0.25, 0.3) is 0 Å². The van der Waals surface area contributed by atoms with Crippen molar-refractivity contribution in [2.75, 3.05) is 6.54 Å². The van der Waals surface area contributed by atoms with Crippen LogP contribution < -0.4 is 10.5 Å². The van der Waals surface area contributed by atoms with Crippen LogP contribution in [0.15, 0.2) is 23.1 Å². The first-order valence-corrected chi connectivity index (χ1v) is 8.36. The lowest BCUT2D eigenvalue weighted by Crippen LogP contribution is -2.51. The van der Waals surface area contributed by atoms with Crippen LogP contribution in [0.1, 0.15) is 38.3 Å². The van der Waals surface area contributed by atoms with Crippen LogP contribution in [0.3, 0.4) is 0 Å². The predicted octanol–water partition coefficient (Wildman–Crippen LogP) is 2.33. The van der Waals surface area contributed by atoms with E-state index in [1.54, 1.807) is 13.8 Å². The minimum absolute atomic E-state index is 0. The van der Waals surface area contributed by atoms with Crippen LogP contribution >= 0.6 is 12.4 Å². The molecule has 5 nitrogen and oxygen atoms in total. The number of aryl methyl sites for hydroxylation is 1. The van der Waals surface area contributed by atoms with Crippen molar-refractivity contribution in [2.45, 2.75) is 44.6 Å². The van der Waals surface area contributed by atoms with Crippen LogP contribution in [-0.4, -0.2) is 20.5 Å². The number of nitrogens with one attached hydrogen (secondary N) is 1. The largest absolute Gasteiger partial charge is 0.329 e. The Bertz CT molecular complexity index is 653. The Morgan fingerprint density at radius 3 is 2.41 bits per heavy atom. The molecule has 0 amide bonds. The van der Waals surface area contributed by atoms with Gasteiger partial charge in [0.25, 0.3) is 0 Å². The molecule has 0 aliphatic carbocycles. The monoisotopic (exact) mass is 345 g/mol. The maximum atomic E-state index is 12.5. The molecule has 0 spiro atoms. The molecule has 7 heteroatoms. The first kappa shape index (κ1) is 20.9. The number of nitrogens with two attached hydrogens (primary N) is 1. The minimum Gasteiger partial charge on any atom is -0.329 e.